The molecule has 0 aliphatic rings. The van der Waals surface area contributed by atoms with E-state index in [2.05, 4.69) is 9.97 Å². The third-order valence-corrected chi connectivity index (χ3v) is 2.04. The maximum atomic E-state index is 5.54. The van der Waals surface area contributed by atoms with E-state index in [0.717, 1.165) is 5.56 Å². The summed E-state index contributed by atoms with van der Waals surface area (Å²) in [6.07, 6.45) is 1.57. The van der Waals surface area contributed by atoms with Crippen LogP contribution in [0.15, 0.2) is 36.5 Å². The van der Waals surface area contributed by atoms with Crippen LogP contribution in [0.1, 0.15) is 0 Å². The standard InChI is InChI=1S/C11H11N3O/c1-15-9-7-13-11(12)14-10(9)8-5-3-2-4-6-8/h2-7H,1H3,(H2,12,13,14). The molecule has 1 heterocycles. The van der Waals surface area contributed by atoms with E-state index >= 15 is 0 Å². The molecule has 0 radical (unpaired) electrons. The molecule has 0 spiro atoms. The first-order valence-electron chi connectivity index (χ1n) is 4.53. The average molecular weight is 201 g/mol. The Hall–Kier alpha value is -2.10. The first-order chi connectivity index (χ1) is 7.31. The van der Waals surface area contributed by atoms with Gasteiger partial charge in [-0.25, -0.2) is 9.97 Å². The lowest BCUT2D eigenvalue weighted by Crippen LogP contribution is -1.98. The Morgan fingerprint density at radius 3 is 2.60 bits per heavy atom. The summed E-state index contributed by atoms with van der Waals surface area (Å²) in [6.45, 7) is 0. The monoisotopic (exact) mass is 201 g/mol. The third-order valence-electron chi connectivity index (χ3n) is 2.04. The second-order valence-electron chi connectivity index (χ2n) is 3.01. The number of hydrogen-bond donors (Lipinski definition) is 1. The molecular weight excluding hydrogens is 190 g/mol. The molecule has 0 aliphatic carbocycles. The van der Waals surface area contributed by atoms with Crippen LogP contribution in [0.5, 0.6) is 5.75 Å². The van der Waals surface area contributed by atoms with Crippen molar-refractivity contribution in [2.24, 2.45) is 0 Å². The summed E-state index contributed by atoms with van der Waals surface area (Å²) in [5.41, 5.74) is 7.22. The Morgan fingerprint density at radius 1 is 1.20 bits per heavy atom. The SMILES string of the molecule is COc1cnc(N)nc1-c1ccccc1. The highest BCUT2D eigenvalue weighted by Gasteiger charge is 2.07. The van der Waals surface area contributed by atoms with Crippen molar-refractivity contribution in [1.82, 2.24) is 9.97 Å². The molecule has 0 aliphatic heterocycles. The summed E-state index contributed by atoms with van der Waals surface area (Å²) >= 11 is 0. The van der Waals surface area contributed by atoms with Crippen LogP contribution < -0.4 is 10.5 Å². The molecule has 15 heavy (non-hydrogen) atoms. The summed E-state index contributed by atoms with van der Waals surface area (Å²) in [4.78, 5) is 8.03. The number of benzene rings is 1. The van der Waals surface area contributed by atoms with Crippen LogP contribution in [0.2, 0.25) is 0 Å². The molecule has 1 aromatic carbocycles. The fraction of sp³-hybridized carbons (Fsp3) is 0.0909. The molecule has 0 unspecified atom stereocenters. The van der Waals surface area contributed by atoms with Gasteiger partial charge in [-0.3, -0.25) is 0 Å². The number of ether oxygens (including phenoxy) is 1. The minimum absolute atomic E-state index is 0.245. The Labute approximate surface area is 87.7 Å². The van der Waals surface area contributed by atoms with Crippen molar-refractivity contribution in [3.8, 4) is 17.0 Å². The number of aromatic nitrogens is 2. The Balaban J connectivity index is 2.56. The molecule has 2 aromatic rings. The van der Waals surface area contributed by atoms with Gasteiger partial charge in [-0.2, -0.15) is 0 Å². The summed E-state index contributed by atoms with van der Waals surface area (Å²) in [5.74, 6) is 0.866. The van der Waals surface area contributed by atoms with Gasteiger partial charge in [-0.15, -0.1) is 0 Å². The number of hydrogen-bond acceptors (Lipinski definition) is 4. The van der Waals surface area contributed by atoms with E-state index in [1.807, 2.05) is 30.3 Å². The van der Waals surface area contributed by atoms with Crippen LogP contribution in [-0.4, -0.2) is 17.1 Å². The van der Waals surface area contributed by atoms with Crippen molar-refractivity contribution in [2.75, 3.05) is 12.8 Å². The molecule has 0 bridgehead atoms. The quantitative estimate of drug-likeness (QED) is 0.803. The van der Waals surface area contributed by atoms with E-state index in [-0.39, 0.29) is 5.95 Å². The van der Waals surface area contributed by atoms with Crippen LogP contribution in [0.25, 0.3) is 11.3 Å². The zero-order valence-electron chi connectivity index (χ0n) is 8.34. The van der Waals surface area contributed by atoms with Gasteiger partial charge in [0, 0.05) is 5.56 Å². The van der Waals surface area contributed by atoms with E-state index in [1.54, 1.807) is 13.3 Å². The van der Waals surface area contributed by atoms with Crippen LogP contribution in [0, 0.1) is 0 Å². The van der Waals surface area contributed by atoms with E-state index in [1.165, 1.54) is 0 Å². The predicted molar refractivity (Wildman–Crippen MR) is 58.4 cm³/mol. The molecule has 0 fully saturated rings. The number of nitrogens with two attached hydrogens (primary N) is 1. The number of methoxy groups -OCH3 is 1. The van der Waals surface area contributed by atoms with Gasteiger partial charge in [0.25, 0.3) is 0 Å². The lowest BCUT2D eigenvalue weighted by atomic mass is 10.1. The molecule has 0 amide bonds. The molecule has 0 saturated heterocycles. The van der Waals surface area contributed by atoms with Gasteiger partial charge in [0.2, 0.25) is 5.95 Å². The van der Waals surface area contributed by atoms with Crippen molar-refractivity contribution < 1.29 is 4.74 Å². The molecule has 1 aromatic heterocycles. The minimum atomic E-state index is 0.245. The van der Waals surface area contributed by atoms with Gasteiger partial charge < -0.3 is 10.5 Å². The highest BCUT2D eigenvalue weighted by Crippen LogP contribution is 2.26. The maximum absolute atomic E-state index is 5.54. The van der Waals surface area contributed by atoms with Gasteiger partial charge in [0.05, 0.1) is 13.3 Å². The molecular formula is C11H11N3O. The second kappa shape index (κ2) is 3.96. The minimum Gasteiger partial charge on any atom is -0.493 e. The Bertz CT molecular complexity index is 457. The first-order valence-corrected chi connectivity index (χ1v) is 4.53. The van der Waals surface area contributed by atoms with Crippen LogP contribution >= 0.6 is 0 Å². The van der Waals surface area contributed by atoms with Crippen molar-refractivity contribution in [3.05, 3.63) is 36.5 Å². The molecule has 0 atom stereocenters. The van der Waals surface area contributed by atoms with Crippen LogP contribution in [0.4, 0.5) is 5.95 Å². The zero-order valence-corrected chi connectivity index (χ0v) is 8.34. The van der Waals surface area contributed by atoms with Gasteiger partial charge in [0.15, 0.2) is 5.75 Å². The van der Waals surface area contributed by atoms with Crippen LogP contribution in [0.3, 0.4) is 0 Å². The second-order valence-corrected chi connectivity index (χ2v) is 3.01. The Kier molecular flexibility index (Phi) is 2.49. The summed E-state index contributed by atoms with van der Waals surface area (Å²) < 4.78 is 5.17. The molecule has 76 valence electrons. The molecule has 2 rings (SSSR count). The fourth-order valence-corrected chi connectivity index (χ4v) is 1.34. The van der Waals surface area contributed by atoms with Crippen molar-refractivity contribution in [2.45, 2.75) is 0 Å². The molecule has 4 nitrogen and oxygen atoms in total. The summed E-state index contributed by atoms with van der Waals surface area (Å²) in [6, 6.07) is 9.72. The number of rotatable bonds is 2. The zero-order chi connectivity index (χ0) is 10.7. The number of anilines is 1. The molecule has 2 N–H and O–H groups in total. The normalized spacial score (nSPS) is 9.93. The average Bonchev–Trinajstić information content (AvgIpc) is 2.30. The predicted octanol–water partition coefficient (Wildman–Crippen LogP) is 1.73. The van der Waals surface area contributed by atoms with E-state index in [9.17, 15) is 0 Å². The van der Waals surface area contributed by atoms with E-state index < -0.39 is 0 Å². The maximum Gasteiger partial charge on any atom is 0.220 e. The third kappa shape index (κ3) is 1.88. The smallest absolute Gasteiger partial charge is 0.220 e. The summed E-state index contributed by atoms with van der Waals surface area (Å²) in [7, 11) is 1.58. The molecule has 4 heteroatoms. The molecule has 0 saturated carbocycles. The van der Waals surface area contributed by atoms with E-state index in [0.29, 0.717) is 11.4 Å². The highest BCUT2D eigenvalue weighted by atomic mass is 16.5. The van der Waals surface area contributed by atoms with Gasteiger partial charge in [-0.05, 0) is 0 Å². The topological polar surface area (TPSA) is 61.0 Å². The van der Waals surface area contributed by atoms with Crippen LogP contribution in [-0.2, 0) is 0 Å². The van der Waals surface area contributed by atoms with Crippen molar-refractivity contribution in [3.63, 3.8) is 0 Å². The van der Waals surface area contributed by atoms with E-state index in [4.69, 9.17) is 10.5 Å². The fourth-order valence-electron chi connectivity index (χ4n) is 1.34. The van der Waals surface area contributed by atoms with Gasteiger partial charge >= 0.3 is 0 Å². The van der Waals surface area contributed by atoms with Crippen molar-refractivity contribution >= 4 is 5.95 Å². The van der Waals surface area contributed by atoms with Gasteiger partial charge in [-0.1, -0.05) is 30.3 Å². The highest BCUT2D eigenvalue weighted by molar-refractivity contribution is 5.66. The largest absolute Gasteiger partial charge is 0.493 e. The summed E-state index contributed by atoms with van der Waals surface area (Å²) in [5, 5.41) is 0. The first kappa shape index (κ1) is 9.45. The lowest BCUT2D eigenvalue weighted by molar-refractivity contribution is 0.413. The number of nitrogen functional groups attached to an aromatic ring is 1. The van der Waals surface area contributed by atoms with Crippen molar-refractivity contribution in [1.29, 1.82) is 0 Å². The Morgan fingerprint density at radius 2 is 1.93 bits per heavy atom. The number of nitrogens with zero attached hydrogens (tertiary/aromatic N) is 2. The van der Waals surface area contributed by atoms with Gasteiger partial charge in [0.1, 0.15) is 5.69 Å². The lowest BCUT2D eigenvalue weighted by Gasteiger charge is -2.07.